The number of carboxylic acids is 3. The third-order valence-electron chi connectivity index (χ3n) is 4.42. The zero-order chi connectivity index (χ0) is 25.8. The molecule has 0 fully saturated rings. The van der Waals surface area contributed by atoms with Crippen molar-refractivity contribution in [1.29, 1.82) is 0 Å². The lowest BCUT2D eigenvalue weighted by molar-refractivity contribution is -0.144. The Morgan fingerprint density at radius 2 is 1.53 bits per heavy atom. The molecule has 0 saturated carbocycles. The second kappa shape index (κ2) is 13.8. The lowest BCUT2D eigenvalue weighted by atomic mass is 10.1. The van der Waals surface area contributed by atoms with Gasteiger partial charge in [0.1, 0.15) is 18.1 Å². The van der Waals surface area contributed by atoms with Crippen molar-refractivity contribution in [3.8, 4) is 0 Å². The van der Waals surface area contributed by atoms with E-state index >= 15 is 0 Å². The number of aromatic nitrogens is 2. The number of carbonyl (C=O) groups excluding carboxylic acids is 3. The first-order valence-electron chi connectivity index (χ1n) is 9.85. The Labute approximate surface area is 198 Å². The molecule has 16 heteroatoms. The van der Waals surface area contributed by atoms with Crippen LogP contribution in [0.15, 0.2) is 12.5 Å². The van der Waals surface area contributed by atoms with Crippen molar-refractivity contribution in [2.24, 2.45) is 5.73 Å². The van der Waals surface area contributed by atoms with Crippen LogP contribution >= 0.6 is 12.6 Å². The number of nitrogens with zero attached hydrogens (tertiary/aromatic N) is 1. The highest BCUT2D eigenvalue weighted by Gasteiger charge is 2.31. The van der Waals surface area contributed by atoms with Crippen LogP contribution in [0.3, 0.4) is 0 Å². The van der Waals surface area contributed by atoms with E-state index in [2.05, 4.69) is 38.5 Å². The average Bonchev–Trinajstić information content (AvgIpc) is 3.26. The van der Waals surface area contributed by atoms with E-state index in [0.717, 1.165) is 0 Å². The quantitative estimate of drug-likeness (QED) is 0.110. The van der Waals surface area contributed by atoms with Crippen molar-refractivity contribution in [2.45, 2.75) is 49.9 Å². The average molecular weight is 503 g/mol. The van der Waals surface area contributed by atoms with Gasteiger partial charge in [0.2, 0.25) is 17.7 Å². The van der Waals surface area contributed by atoms with Crippen molar-refractivity contribution < 1.29 is 44.1 Å². The lowest BCUT2D eigenvalue weighted by Crippen LogP contribution is -2.58. The summed E-state index contributed by atoms with van der Waals surface area (Å²) in [6.45, 7) is 0. The molecule has 1 aromatic rings. The number of imidazole rings is 1. The first-order chi connectivity index (χ1) is 15.9. The molecule has 1 aromatic heterocycles. The van der Waals surface area contributed by atoms with Crippen LogP contribution in [0.5, 0.6) is 0 Å². The summed E-state index contributed by atoms with van der Waals surface area (Å²) < 4.78 is 0. The standard InChI is InChI=1S/C18H26N6O9S/c19-9(3-8-5-20-7-21-8)15(29)23-11(4-14(27)28)16(30)24-12(6-34)17(31)22-10(18(32)33)1-2-13(25)26/h5,7,9-12,34H,1-4,6,19H2,(H,20,21)(H,22,31)(H,23,29)(H,24,30)(H,25,26)(H,27,28)(H,32,33). The largest absolute Gasteiger partial charge is 0.481 e. The molecule has 15 nitrogen and oxygen atoms in total. The maximum absolute atomic E-state index is 12.6. The van der Waals surface area contributed by atoms with Gasteiger partial charge in [0.15, 0.2) is 0 Å². The van der Waals surface area contributed by atoms with Crippen LogP contribution in [0.4, 0.5) is 0 Å². The highest BCUT2D eigenvalue weighted by atomic mass is 32.1. The van der Waals surface area contributed by atoms with Crippen LogP contribution in [0.2, 0.25) is 0 Å². The van der Waals surface area contributed by atoms with Crippen molar-refractivity contribution >= 4 is 48.3 Å². The van der Waals surface area contributed by atoms with E-state index in [0.29, 0.717) is 5.69 Å². The first-order valence-corrected chi connectivity index (χ1v) is 10.5. The van der Waals surface area contributed by atoms with Gasteiger partial charge in [-0.1, -0.05) is 0 Å². The molecule has 4 unspecified atom stereocenters. The Balaban J connectivity index is 2.82. The molecule has 0 aromatic carbocycles. The molecule has 0 bridgehead atoms. The minimum absolute atomic E-state index is 0.0296. The molecule has 0 saturated heterocycles. The van der Waals surface area contributed by atoms with Gasteiger partial charge in [-0.2, -0.15) is 12.6 Å². The number of aromatic amines is 1. The van der Waals surface area contributed by atoms with Gasteiger partial charge in [-0.05, 0) is 6.42 Å². The molecule has 0 spiro atoms. The number of H-pyrrole nitrogens is 1. The Kier molecular flexibility index (Phi) is 11.5. The van der Waals surface area contributed by atoms with Gasteiger partial charge < -0.3 is 42.0 Å². The Hall–Kier alpha value is -3.66. The van der Waals surface area contributed by atoms with E-state index in [9.17, 15) is 28.8 Å². The van der Waals surface area contributed by atoms with Gasteiger partial charge in [0.25, 0.3) is 0 Å². The number of thiol groups is 1. The number of nitrogens with two attached hydrogens (primary N) is 1. The summed E-state index contributed by atoms with van der Waals surface area (Å²) in [5.74, 6) is -7.35. The lowest BCUT2D eigenvalue weighted by Gasteiger charge is -2.23. The van der Waals surface area contributed by atoms with Crippen molar-refractivity contribution in [1.82, 2.24) is 25.9 Å². The van der Waals surface area contributed by atoms with Crippen LogP contribution in [0.25, 0.3) is 0 Å². The molecule has 34 heavy (non-hydrogen) atoms. The molecule has 188 valence electrons. The number of carbonyl (C=O) groups is 6. The molecule has 1 heterocycles. The summed E-state index contributed by atoms with van der Waals surface area (Å²) in [4.78, 5) is 77.0. The zero-order valence-corrected chi connectivity index (χ0v) is 18.7. The highest BCUT2D eigenvalue weighted by Crippen LogP contribution is 2.03. The van der Waals surface area contributed by atoms with Crippen LogP contribution in [-0.4, -0.2) is 90.8 Å². The summed E-state index contributed by atoms with van der Waals surface area (Å²) in [6.07, 6.45) is 1.08. The predicted molar refractivity (Wildman–Crippen MR) is 117 cm³/mol. The van der Waals surface area contributed by atoms with Crippen molar-refractivity contribution in [2.75, 3.05) is 5.75 Å². The molecular weight excluding hydrogens is 476 g/mol. The number of rotatable bonds is 15. The molecule has 0 radical (unpaired) electrons. The number of nitrogens with one attached hydrogen (secondary N) is 4. The minimum Gasteiger partial charge on any atom is -0.481 e. The zero-order valence-electron chi connectivity index (χ0n) is 17.8. The first kappa shape index (κ1) is 28.4. The summed E-state index contributed by atoms with van der Waals surface area (Å²) in [7, 11) is 0. The molecular formula is C18H26N6O9S. The topological polar surface area (TPSA) is 254 Å². The van der Waals surface area contributed by atoms with E-state index in [1.165, 1.54) is 12.5 Å². The van der Waals surface area contributed by atoms with E-state index in [1.807, 2.05) is 0 Å². The predicted octanol–water partition coefficient (Wildman–Crippen LogP) is -2.91. The smallest absolute Gasteiger partial charge is 0.326 e. The molecule has 3 amide bonds. The minimum atomic E-state index is -1.60. The fourth-order valence-electron chi connectivity index (χ4n) is 2.65. The summed E-state index contributed by atoms with van der Waals surface area (Å²) in [5, 5.41) is 33.5. The fourth-order valence-corrected chi connectivity index (χ4v) is 2.91. The Bertz CT molecular complexity index is 894. The van der Waals surface area contributed by atoms with Gasteiger partial charge in [-0.15, -0.1) is 0 Å². The second-order valence-electron chi connectivity index (χ2n) is 7.12. The summed E-state index contributed by atoms with van der Waals surface area (Å²) in [5.41, 5.74) is 6.32. The van der Waals surface area contributed by atoms with Crippen LogP contribution in [0.1, 0.15) is 25.0 Å². The molecule has 4 atom stereocenters. The second-order valence-corrected chi connectivity index (χ2v) is 7.49. The van der Waals surface area contributed by atoms with Crippen LogP contribution in [-0.2, 0) is 35.2 Å². The van der Waals surface area contributed by atoms with Gasteiger partial charge in [-0.3, -0.25) is 24.0 Å². The number of hydrogen-bond donors (Lipinski definition) is 9. The Morgan fingerprint density at radius 1 is 0.941 bits per heavy atom. The van der Waals surface area contributed by atoms with Gasteiger partial charge >= 0.3 is 17.9 Å². The molecule has 0 aliphatic rings. The molecule has 0 aliphatic heterocycles. The van der Waals surface area contributed by atoms with E-state index in [1.54, 1.807) is 0 Å². The maximum atomic E-state index is 12.6. The van der Waals surface area contributed by atoms with Crippen molar-refractivity contribution in [3.05, 3.63) is 18.2 Å². The highest BCUT2D eigenvalue weighted by molar-refractivity contribution is 7.80. The summed E-state index contributed by atoms with van der Waals surface area (Å²) in [6, 6.07) is -5.69. The SMILES string of the molecule is NC(Cc1cnc[nH]1)C(=O)NC(CC(=O)O)C(=O)NC(CS)C(=O)NC(CCC(=O)O)C(=O)O. The fraction of sp³-hybridized carbons (Fsp3) is 0.500. The van der Waals surface area contributed by atoms with E-state index < -0.39 is 79.1 Å². The maximum Gasteiger partial charge on any atom is 0.326 e. The number of aliphatic carboxylic acids is 3. The normalized spacial score (nSPS) is 14.2. The van der Waals surface area contributed by atoms with Gasteiger partial charge in [0.05, 0.1) is 18.8 Å². The van der Waals surface area contributed by atoms with Crippen LogP contribution in [0, 0.1) is 0 Å². The summed E-state index contributed by atoms with van der Waals surface area (Å²) >= 11 is 3.93. The van der Waals surface area contributed by atoms with E-state index in [-0.39, 0.29) is 12.2 Å². The Morgan fingerprint density at radius 3 is 2.03 bits per heavy atom. The number of hydrogen-bond acceptors (Lipinski definition) is 9. The van der Waals surface area contributed by atoms with E-state index in [4.69, 9.17) is 21.1 Å². The number of carboxylic acid groups (broad SMARTS) is 3. The third-order valence-corrected chi connectivity index (χ3v) is 4.79. The molecule has 1 rings (SSSR count). The van der Waals surface area contributed by atoms with Crippen molar-refractivity contribution in [3.63, 3.8) is 0 Å². The van der Waals surface area contributed by atoms with Gasteiger partial charge in [-0.25, -0.2) is 9.78 Å². The third kappa shape index (κ3) is 9.86. The van der Waals surface area contributed by atoms with Crippen LogP contribution < -0.4 is 21.7 Å². The van der Waals surface area contributed by atoms with Gasteiger partial charge in [0, 0.05) is 30.5 Å². The number of amides is 3. The monoisotopic (exact) mass is 502 g/mol. The molecule has 9 N–H and O–H groups in total. The molecule has 0 aliphatic carbocycles.